The highest BCUT2D eigenvalue weighted by molar-refractivity contribution is 6.42. The molecule has 1 aromatic carbocycles. The largest absolute Gasteiger partial charge is 0.352 e. The van der Waals surface area contributed by atoms with Gasteiger partial charge in [-0.15, -0.1) is 0 Å². The summed E-state index contributed by atoms with van der Waals surface area (Å²) in [5.74, 6) is 0.525. The van der Waals surface area contributed by atoms with Gasteiger partial charge in [-0.05, 0) is 50.3 Å². The molecule has 0 aromatic heterocycles. The summed E-state index contributed by atoms with van der Waals surface area (Å²) in [6, 6.07) is 5.09. The van der Waals surface area contributed by atoms with E-state index < -0.39 is 0 Å². The van der Waals surface area contributed by atoms with Crippen LogP contribution in [0.3, 0.4) is 0 Å². The molecule has 0 spiro atoms. The topological polar surface area (TPSA) is 52.7 Å². The lowest BCUT2D eigenvalue weighted by Gasteiger charge is -2.41. The first-order chi connectivity index (χ1) is 13.9. The zero-order valence-corrected chi connectivity index (χ0v) is 18.8. The van der Waals surface area contributed by atoms with Crippen molar-refractivity contribution in [3.63, 3.8) is 0 Å². The zero-order chi connectivity index (χ0) is 21.0. The van der Waals surface area contributed by atoms with Gasteiger partial charge in [0.15, 0.2) is 0 Å². The van der Waals surface area contributed by atoms with Crippen LogP contribution in [0.25, 0.3) is 0 Å². The van der Waals surface area contributed by atoms with Gasteiger partial charge in [-0.3, -0.25) is 14.5 Å². The van der Waals surface area contributed by atoms with Gasteiger partial charge in [0.1, 0.15) is 0 Å². The maximum Gasteiger partial charge on any atom is 0.253 e. The molecule has 0 unspecified atom stereocenters. The Morgan fingerprint density at radius 1 is 1.10 bits per heavy atom. The van der Waals surface area contributed by atoms with E-state index in [9.17, 15) is 9.59 Å². The van der Waals surface area contributed by atoms with Gasteiger partial charge in [-0.2, -0.15) is 0 Å². The van der Waals surface area contributed by atoms with Crippen LogP contribution in [0.4, 0.5) is 0 Å². The first-order valence-electron chi connectivity index (χ1n) is 10.7. The van der Waals surface area contributed by atoms with E-state index in [0.29, 0.717) is 47.7 Å². The number of halogens is 2. The van der Waals surface area contributed by atoms with E-state index in [1.54, 1.807) is 18.2 Å². The smallest absolute Gasteiger partial charge is 0.253 e. The molecule has 1 saturated heterocycles. The maximum absolute atomic E-state index is 13.0. The van der Waals surface area contributed by atoms with Crippen LogP contribution < -0.4 is 5.32 Å². The third-order valence-electron chi connectivity index (χ3n) is 6.28. The summed E-state index contributed by atoms with van der Waals surface area (Å²) in [6.45, 7) is 6.78. The third-order valence-corrected chi connectivity index (χ3v) is 7.02. The number of amides is 2. The second-order valence-corrected chi connectivity index (χ2v) is 9.08. The van der Waals surface area contributed by atoms with Crippen LogP contribution in [-0.4, -0.2) is 59.9 Å². The molecule has 7 heteroatoms. The summed E-state index contributed by atoms with van der Waals surface area (Å²) in [5.41, 5.74) is 0.551. The van der Waals surface area contributed by atoms with E-state index in [1.165, 1.54) is 12.8 Å². The summed E-state index contributed by atoms with van der Waals surface area (Å²) >= 11 is 12.0. The number of benzene rings is 1. The lowest BCUT2D eigenvalue weighted by Crippen LogP contribution is -2.58. The fraction of sp³-hybridized carbons (Fsp3) is 0.636. The molecule has 1 heterocycles. The Balaban J connectivity index is 1.65. The normalized spacial score (nSPS) is 20.5. The molecule has 3 rings (SSSR count). The summed E-state index contributed by atoms with van der Waals surface area (Å²) in [7, 11) is 0. The number of hydrogen-bond acceptors (Lipinski definition) is 3. The number of carbonyl (C=O) groups excluding carboxylic acids is 2. The molecule has 2 atom stereocenters. The summed E-state index contributed by atoms with van der Waals surface area (Å²) in [5, 5.41) is 4.02. The SMILES string of the molecule is CC[C@@H](C)NC(=O)[C@@H](C1CCCC1)N1CCN(C(=O)c2ccc(Cl)c(Cl)c2)CC1. The van der Waals surface area contributed by atoms with Crippen LogP contribution in [0.2, 0.25) is 10.0 Å². The van der Waals surface area contributed by atoms with Gasteiger partial charge < -0.3 is 10.2 Å². The molecular formula is C22H31Cl2N3O2. The molecule has 29 heavy (non-hydrogen) atoms. The van der Waals surface area contributed by atoms with E-state index in [-0.39, 0.29) is 23.9 Å². The van der Waals surface area contributed by atoms with Crippen molar-refractivity contribution >= 4 is 35.0 Å². The van der Waals surface area contributed by atoms with E-state index in [4.69, 9.17) is 23.2 Å². The molecule has 2 amide bonds. The number of carbonyl (C=O) groups is 2. The highest BCUT2D eigenvalue weighted by Crippen LogP contribution is 2.31. The molecular weight excluding hydrogens is 409 g/mol. The predicted molar refractivity (Wildman–Crippen MR) is 118 cm³/mol. The van der Waals surface area contributed by atoms with Crippen molar-refractivity contribution in [2.75, 3.05) is 26.2 Å². The quantitative estimate of drug-likeness (QED) is 0.721. The lowest BCUT2D eigenvalue weighted by molar-refractivity contribution is -0.129. The number of nitrogens with one attached hydrogen (secondary N) is 1. The van der Waals surface area contributed by atoms with Crippen molar-refractivity contribution in [1.29, 1.82) is 0 Å². The predicted octanol–water partition coefficient (Wildman–Crippen LogP) is 4.22. The van der Waals surface area contributed by atoms with Crippen molar-refractivity contribution in [3.8, 4) is 0 Å². The molecule has 1 N–H and O–H groups in total. The zero-order valence-electron chi connectivity index (χ0n) is 17.3. The van der Waals surface area contributed by atoms with Crippen LogP contribution in [0.1, 0.15) is 56.3 Å². The summed E-state index contributed by atoms with van der Waals surface area (Å²) in [6.07, 6.45) is 5.55. The third kappa shape index (κ3) is 5.44. The standard InChI is InChI=1S/C22H31Cl2N3O2/c1-3-15(2)25-21(28)20(16-6-4-5-7-16)26-10-12-27(13-11-26)22(29)17-8-9-18(23)19(24)14-17/h8-9,14-16,20H,3-7,10-13H2,1-2H3,(H,25,28)/t15-,20-/m1/s1. The molecule has 2 aliphatic rings. The van der Waals surface area contributed by atoms with Crippen LogP contribution in [0.5, 0.6) is 0 Å². The highest BCUT2D eigenvalue weighted by atomic mass is 35.5. The summed E-state index contributed by atoms with van der Waals surface area (Å²) in [4.78, 5) is 30.0. The minimum absolute atomic E-state index is 0.0373. The van der Waals surface area contributed by atoms with Gasteiger partial charge in [-0.1, -0.05) is 43.0 Å². The molecule has 0 bridgehead atoms. The first kappa shape index (κ1) is 22.4. The molecule has 2 fully saturated rings. The minimum Gasteiger partial charge on any atom is -0.352 e. The molecule has 5 nitrogen and oxygen atoms in total. The molecule has 0 radical (unpaired) electrons. The fourth-order valence-electron chi connectivity index (χ4n) is 4.40. The van der Waals surface area contributed by atoms with E-state index in [2.05, 4.69) is 24.1 Å². The van der Waals surface area contributed by atoms with Crippen molar-refractivity contribution in [2.24, 2.45) is 5.92 Å². The van der Waals surface area contributed by atoms with Crippen molar-refractivity contribution < 1.29 is 9.59 Å². The Bertz CT molecular complexity index is 729. The molecule has 1 aliphatic carbocycles. The second-order valence-electron chi connectivity index (χ2n) is 8.26. The monoisotopic (exact) mass is 439 g/mol. The first-order valence-corrected chi connectivity index (χ1v) is 11.4. The van der Waals surface area contributed by atoms with Crippen molar-refractivity contribution in [1.82, 2.24) is 15.1 Å². The van der Waals surface area contributed by atoms with Gasteiger partial charge in [-0.25, -0.2) is 0 Å². The number of nitrogens with zero attached hydrogens (tertiary/aromatic N) is 2. The Kier molecular flexibility index (Phi) is 7.83. The summed E-state index contributed by atoms with van der Waals surface area (Å²) < 4.78 is 0. The average Bonchev–Trinajstić information content (AvgIpc) is 3.24. The molecule has 1 aromatic rings. The Morgan fingerprint density at radius 2 is 1.76 bits per heavy atom. The number of hydrogen-bond donors (Lipinski definition) is 1. The number of piperazine rings is 1. The Labute approximate surface area is 183 Å². The molecule has 1 aliphatic heterocycles. The Hall–Kier alpha value is -1.30. The van der Waals surface area contributed by atoms with Crippen molar-refractivity contribution in [2.45, 2.75) is 58.0 Å². The fourth-order valence-corrected chi connectivity index (χ4v) is 4.69. The Morgan fingerprint density at radius 3 is 2.34 bits per heavy atom. The van der Waals surface area contributed by atoms with Gasteiger partial charge in [0.2, 0.25) is 5.91 Å². The van der Waals surface area contributed by atoms with Gasteiger partial charge in [0.25, 0.3) is 5.91 Å². The van der Waals surface area contributed by atoms with Crippen LogP contribution in [-0.2, 0) is 4.79 Å². The van der Waals surface area contributed by atoms with E-state index in [0.717, 1.165) is 19.3 Å². The van der Waals surface area contributed by atoms with Crippen LogP contribution in [0.15, 0.2) is 18.2 Å². The minimum atomic E-state index is -0.0891. The molecule has 160 valence electrons. The average molecular weight is 440 g/mol. The van der Waals surface area contributed by atoms with Gasteiger partial charge >= 0.3 is 0 Å². The van der Waals surface area contributed by atoms with Crippen LogP contribution in [0, 0.1) is 5.92 Å². The second kappa shape index (κ2) is 10.1. The maximum atomic E-state index is 13.0. The van der Waals surface area contributed by atoms with E-state index in [1.807, 2.05) is 4.90 Å². The van der Waals surface area contributed by atoms with Crippen molar-refractivity contribution in [3.05, 3.63) is 33.8 Å². The van der Waals surface area contributed by atoms with Gasteiger partial charge in [0, 0.05) is 37.8 Å². The van der Waals surface area contributed by atoms with Gasteiger partial charge in [0.05, 0.1) is 16.1 Å². The highest BCUT2D eigenvalue weighted by Gasteiger charge is 2.37. The van der Waals surface area contributed by atoms with E-state index >= 15 is 0 Å². The number of rotatable bonds is 6. The lowest BCUT2D eigenvalue weighted by atomic mass is 9.94. The van der Waals surface area contributed by atoms with Crippen LogP contribution >= 0.6 is 23.2 Å². The molecule has 1 saturated carbocycles.